The Bertz CT molecular complexity index is 539. The highest BCUT2D eigenvalue weighted by Crippen LogP contribution is 2.21. The van der Waals surface area contributed by atoms with Crippen molar-refractivity contribution in [2.24, 2.45) is 7.05 Å². The Kier molecular flexibility index (Phi) is 4.29. The maximum Gasteiger partial charge on any atom is 0.260 e. The predicted octanol–water partition coefficient (Wildman–Crippen LogP) is 0.339. The molecule has 1 aliphatic heterocycles. The van der Waals surface area contributed by atoms with E-state index in [9.17, 15) is 8.42 Å². The summed E-state index contributed by atoms with van der Waals surface area (Å²) in [5.74, 6) is 0. The molecule has 2 rings (SSSR count). The summed E-state index contributed by atoms with van der Waals surface area (Å²) in [7, 11) is 0.0155. The molecular weight excluding hydrogens is 334 g/mol. The lowest BCUT2D eigenvalue weighted by Gasteiger charge is -2.35. The van der Waals surface area contributed by atoms with Gasteiger partial charge in [0.15, 0.2) is 4.60 Å². The minimum atomic E-state index is -3.60. The van der Waals surface area contributed by atoms with E-state index < -0.39 is 10.0 Å². The maximum atomic E-state index is 12.3. The average Bonchev–Trinajstić information content (AvgIpc) is 2.64. The molecular formula is C10H18BrN5O2S. The molecule has 2 heterocycles. The number of aryl methyl sites for hydroxylation is 1. The number of sulfonamides is 1. The molecule has 9 heteroatoms. The van der Waals surface area contributed by atoms with E-state index in [2.05, 4.69) is 49.8 Å². The SMILES string of the molecule is CC1CC(NS(=O)(=O)c2c(Br)nnn2C)CCN1C. The summed E-state index contributed by atoms with van der Waals surface area (Å²) < 4.78 is 28.9. The van der Waals surface area contributed by atoms with Gasteiger partial charge in [-0.3, -0.25) is 0 Å². The third kappa shape index (κ3) is 3.15. The minimum Gasteiger partial charge on any atom is -0.304 e. The van der Waals surface area contributed by atoms with Gasteiger partial charge in [-0.15, -0.1) is 5.10 Å². The Labute approximate surface area is 121 Å². The number of piperidine rings is 1. The topological polar surface area (TPSA) is 80.1 Å². The molecule has 0 aromatic carbocycles. The van der Waals surface area contributed by atoms with Crippen molar-refractivity contribution in [3.63, 3.8) is 0 Å². The fourth-order valence-corrected chi connectivity index (χ4v) is 4.66. The van der Waals surface area contributed by atoms with E-state index >= 15 is 0 Å². The van der Waals surface area contributed by atoms with Crippen LogP contribution >= 0.6 is 15.9 Å². The van der Waals surface area contributed by atoms with E-state index in [4.69, 9.17) is 0 Å². The normalized spacial score (nSPS) is 25.7. The van der Waals surface area contributed by atoms with Gasteiger partial charge in [-0.25, -0.2) is 17.8 Å². The van der Waals surface area contributed by atoms with Crippen LogP contribution in [0.15, 0.2) is 9.63 Å². The minimum absolute atomic E-state index is 0.0435. The van der Waals surface area contributed by atoms with Gasteiger partial charge < -0.3 is 4.90 Å². The second-order valence-corrected chi connectivity index (χ2v) is 7.36. The molecule has 0 aliphatic carbocycles. The number of nitrogens with one attached hydrogen (secondary N) is 1. The number of hydrogen-bond acceptors (Lipinski definition) is 5. The van der Waals surface area contributed by atoms with Crippen molar-refractivity contribution >= 4 is 26.0 Å². The maximum absolute atomic E-state index is 12.3. The number of aromatic nitrogens is 3. The van der Waals surface area contributed by atoms with Crippen LogP contribution in [-0.2, 0) is 17.1 Å². The highest BCUT2D eigenvalue weighted by Gasteiger charge is 2.30. The number of nitrogens with zero attached hydrogens (tertiary/aromatic N) is 4. The quantitative estimate of drug-likeness (QED) is 0.849. The first-order valence-electron chi connectivity index (χ1n) is 6.09. The zero-order valence-corrected chi connectivity index (χ0v) is 13.6. The third-order valence-corrected chi connectivity index (χ3v) is 5.93. The van der Waals surface area contributed by atoms with Gasteiger partial charge in [0, 0.05) is 19.1 Å². The Morgan fingerprint density at radius 1 is 1.42 bits per heavy atom. The van der Waals surface area contributed by atoms with Crippen molar-refractivity contribution in [3.8, 4) is 0 Å². The van der Waals surface area contributed by atoms with Gasteiger partial charge in [-0.2, -0.15) is 0 Å². The molecule has 2 atom stereocenters. The first-order chi connectivity index (χ1) is 8.81. The number of rotatable bonds is 3. The van der Waals surface area contributed by atoms with Crippen LogP contribution < -0.4 is 4.72 Å². The molecule has 0 saturated carbocycles. The zero-order chi connectivity index (χ0) is 14.2. The van der Waals surface area contributed by atoms with Crippen LogP contribution in [0.2, 0.25) is 0 Å². The molecule has 0 spiro atoms. The highest BCUT2D eigenvalue weighted by atomic mass is 79.9. The van der Waals surface area contributed by atoms with Crippen LogP contribution in [0.25, 0.3) is 0 Å². The molecule has 19 heavy (non-hydrogen) atoms. The van der Waals surface area contributed by atoms with Crippen molar-refractivity contribution in [2.75, 3.05) is 13.6 Å². The number of hydrogen-bond donors (Lipinski definition) is 1. The van der Waals surface area contributed by atoms with Crippen molar-refractivity contribution in [2.45, 2.75) is 36.9 Å². The summed E-state index contributed by atoms with van der Waals surface area (Å²) in [6, 6.07) is 0.326. The monoisotopic (exact) mass is 351 g/mol. The van der Waals surface area contributed by atoms with Crippen molar-refractivity contribution in [1.82, 2.24) is 24.6 Å². The fraction of sp³-hybridized carbons (Fsp3) is 0.800. The molecule has 0 radical (unpaired) electrons. The van der Waals surface area contributed by atoms with E-state index in [1.165, 1.54) is 4.68 Å². The van der Waals surface area contributed by atoms with E-state index in [-0.39, 0.29) is 15.7 Å². The van der Waals surface area contributed by atoms with Crippen LogP contribution in [0.1, 0.15) is 19.8 Å². The van der Waals surface area contributed by atoms with E-state index in [1.807, 2.05) is 0 Å². The number of halogens is 1. The Balaban J connectivity index is 2.15. The lowest BCUT2D eigenvalue weighted by molar-refractivity contribution is 0.178. The van der Waals surface area contributed by atoms with Gasteiger partial charge in [-0.1, -0.05) is 5.21 Å². The molecule has 1 N–H and O–H groups in total. The van der Waals surface area contributed by atoms with Crippen molar-refractivity contribution in [1.29, 1.82) is 0 Å². The molecule has 1 aliphatic rings. The van der Waals surface area contributed by atoms with Gasteiger partial charge in [0.2, 0.25) is 5.03 Å². The van der Waals surface area contributed by atoms with E-state index in [1.54, 1.807) is 7.05 Å². The van der Waals surface area contributed by atoms with E-state index in [0.29, 0.717) is 6.04 Å². The van der Waals surface area contributed by atoms with Gasteiger partial charge in [0.1, 0.15) is 0 Å². The fourth-order valence-electron chi connectivity index (χ4n) is 2.28. The van der Waals surface area contributed by atoms with Gasteiger partial charge in [-0.05, 0) is 49.3 Å². The zero-order valence-electron chi connectivity index (χ0n) is 11.2. The first-order valence-corrected chi connectivity index (χ1v) is 8.36. The first kappa shape index (κ1) is 14.9. The van der Waals surface area contributed by atoms with Crippen molar-refractivity contribution < 1.29 is 8.42 Å². The molecule has 1 aromatic heterocycles. The Morgan fingerprint density at radius 2 is 2.11 bits per heavy atom. The second kappa shape index (κ2) is 5.47. The highest BCUT2D eigenvalue weighted by molar-refractivity contribution is 9.10. The Morgan fingerprint density at radius 3 is 2.63 bits per heavy atom. The largest absolute Gasteiger partial charge is 0.304 e. The molecule has 2 unspecified atom stereocenters. The smallest absolute Gasteiger partial charge is 0.260 e. The van der Waals surface area contributed by atoms with Gasteiger partial charge >= 0.3 is 0 Å². The number of likely N-dealkylation sites (tertiary alicyclic amines) is 1. The lowest BCUT2D eigenvalue weighted by Crippen LogP contribution is -2.47. The molecule has 0 amide bonds. The summed E-state index contributed by atoms with van der Waals surface area (Å²) in [5, 5.41) is 7.47. The molecule has 1 aromatic rings. The summed E-state index contributed by atoms with van der Waals surface area (Å²) in [6.45, 7) is 2.99. The molecule has 1 saturated heterocycles. The average molecular weight is 352 g/mol. The molecule has 7 nitrogen and oxygen atoms in total. The molecule has 1 fully saturated rings. The summed E-state index contributed by atoms with van der Waals surface area (Å²) in [5.41, 5.74) is 0. The van der Waals surface area contributed by atoms with Crippen molar-refractivity contribution in [3.05, 3.63) is 4.60 Å². The van der Waals surface area contributed by atoms with Gasteiger partial charge in [0.05, 0.1) is 0 Å². The third-order valence-electron chi connectivity index (χ3n) is 3.52. The van der Waals surface area contributed by atoms with E-state index in [0.717, 1.165) is 19.4 Å². The van der Waals surface area contributed by atoms with Gasteiger partial charge in [0.25, 0.3) is 10.0 Å². The lowest BCUT2D eigenvalue weighted by atomic mass is 10.0. The Hall–Kier alpha value is -0.510. The molecule has 0 bridgehead atoms. The van der Waals surface area contributed by atoms with Crippen LogP contribution in [0.3, 0.4) is 0 Å². The standard InChI is InChI=1S/C10H18BrN5O2S/c1-7-6-8(4-5-15(7)2)13-19(17,18)10-9(11)12-14-16(10)3/h7-8,13H,4-6H2,1-3H3. The molecule has 108 valence electrons. The van der Waals surface area contributed by atoms with Crippen LogP contribution in [-0.4, -0.2) is 54.0 Å². The van der Waals surface area contributed by atoms with Crippen LogP contribution in [0, 0.1) is 0 Å². The summed E-state index contributed by atoms with van der Waals surface area (Å²) >= 11 is 3.12. The summed E-state index contributed by atoms with van der Waals surface area (Å²) in [4.78, 5) is 2.23. The van der Waals surface area contributed by atoms with Crippen LogP contribution in [0.5, 0.6) is 0 Å². The van der Waals surface area contributed by atoms with Crippen LogP contribution in [0.4, 0.5) is 0 Å². The predicted molar refractivity (Wildman–Crippen MR) is 74.1 cm³/mol. The second-order valence-electron chi connectivity index (χ2n) is 4.98. The summed E-state index contributed by atoms with van der Waals surface area (Å²) in [6.07, 6.45) is 1.61.